The van der Waals surface area contributed by atoms with Gasteiger partial charge in [-0.15, -0.1) is 0 Å². The van der Waals surface area contributed by atoms with Crippen LogP contribution in [0.5, 0.6) is 0 Å². The first-order valence-electron chi connectivity index (χ1n) is 8.57. The summed E-state index contributed by atoms with van der Waals surface area (Å²) in [7, 11) is 0. The summed E-state index contributed by atoms with van der Waals surface area (Å²) < 4.78 is 14.6. The van der Waals surface area contributed by atoms with Crippen LogP contribution in [0, 0.1) is 19.8 Å². The lowest BCUT2D eigenvalue weighted by molar-refractivity contribution is 0.565. The van der Waals surface area contributed by atoms with Crippen LogP contribution in [0.4, 0.5) is 4.39 Å². The SMILES string of the molecule is Cc1cnc2[nH]cc(Cc3ccc(Cc4ccnc(C)c4)nc3F)c2c1. The molecule has 0 atom stereocenters. The standard InChI is InChI=1S/C21H19FN4/c1-13-7-19-17(12-25-21(19)24-11-13)10-16-3-4-18(26-20(16)22)9-15-5-6-23-14(2)8-15/h3-8,11-12H,9-10H2,1-2H3,(H,24,25). The van der Waals surface area contributed by atoms with Gasteiger partial charge in [-0.2, -0.15) is 4.39 Å². The highest BCUT2D eigenvalue weighted by atomic mass is 19.1. The first kappa shape index (κ1) is 16.4. The van der Waals surface area contributed by atoms with Gasteiger partial charge >= 0.3 is 0 Å². The van der Waals surface area contributed by atoms with Crippen LogP contribution in [0.1, 0.15) is 33.6 Å². The molecule has 1 N–H and O–H groups in total. The molecule has 5 heteroatoms. The van der Waals surface area contributed by atoms with Gasteiger partial charge in [0.05, 0.1) is 0 Å². The van der Waals surface area contributed by atoms with E-state index < -0.39 is 5.95 Å². The number of pyridine rings is 3. The van der Waals surface area contributed by atoms with Crippen LogP contribution in [0.15, 0.2) is 48.9 Å². The molecule has 0 saturated heterocycles. The molecule has 4 heterocycles. The van der Waals surface area contributed by atoms with E-state index in [0.29, 0.717) is 24.1 Å². The molecule has 130 valence electrons. The number of aromatic nitrogens is 4. The Kier molecular flexibility index (Phi) is 4.21. The highest BCUT2D eigenvalue weighted by Gasteiger charge is 2.11. The monoisotopic (exact) mass is 346 g/mol. The van der Waals surface area contributed by atoms with Crippen molar-refractivity contribution in [3.05, 3.63) is 88.5 Å². The van der Waals surface area contributed by atoms with Gasteiger partial charge in [-0.3, -0.25) is 4.98 Å². The molecule has 0 aliphatic carbocycles. The molecule has 0 amide bonds. The van der Waals surface area contributed by atoms with Crippen LogP contribution in [0.25, 0.3) is 11.0 Å². The molecule has 0 aromatic carbocycles. The fourth-order valence-electron chi connectivity index (χ4n) is 3.17. The topological polar surface area (TPSA) is 54.5 Å². The van der Waals surface area contributed by atoms with Crippen LogP contribution >= 0.6 is 0 Å². The van der Waals surface area contributed by atoms with Gasteiger partial charge in [0.25, 0.3) is 0 Å². The Hall–Kier alpha value is -3.08. The molecule has 0 unspecified atom stereocenters. The molecule has 0 aliphatic rings. The van der Waals surface area contributed by atoms with E-state index in [1.807, 2.05) is 50.5 Å². The second-order valence-corrected chi connectivity index (χ2v) is 6.63. The zero-order valence-electron chi connectivity index (χ0n) is 14.8. The first-order valence-corrected chi connectivity index (χ1v) is 8.57. The molecule has 0 bridgehead atoms. The van der Waals surface area contributed by atoms with E-state index in [1.54, 1.807) is 6.20 Å². The van der Waals surface area contributed by atoms with Gasteiger partial charge in [0.15, 0.2) is 0 Å². The maximum atomic E-state index is 14.6. The highest BCUT2D eigenvalue weighted by molar-refractivity contribution is 5.80. The van der Waals surface area contributed by atoms with Crippen molar-refractivity contribution < 1.29 is 4.39 Å². The van der Waals surface area contributed by atoms with Gasteiger partial charge in [-0.05, 0) is 54.8 Å². The van der Waals surface area contributed by atoms with E-state index in [9.17, 15) is 4.39 Å². The fourth-order valence-corrected chi connectivity index (χ4v) is 3.17. The van der Waals surface area contributed by atoms with Crippen LogP contribution in [-0.4, -0.2) is 19.9 Å². The number of nitrogens with zero attached hydrogens (tertiary/aromatic N) is 3. The van der Waals surface area contributed by atoms with Crippen molar-refractivity contribution in [1.82, 2.24) is 19.9 Å². The largest absolute Gasteiger partial charge is 0.346 e. The maximum absolute atomic E-state index is 14.6. The van der Waals surface area contributed by atoms with Gasteiger partial charge in [0, 0.05) is 53.8 Å². The van der Waals surface area contributed by atoms with Gasteiger partial charge in [0.2, 0.25) is 5.95 Å². The zero-order chi connectivity index (χ0) is 18.1. The Morgan fingerprint density at radius 2 is 1.88 bits per heavy atom. The van der Waals surface area contributed by atoms with Crippen molar-refractivity contribution in [1.29, 1.82) is 0 Å². The second-order valence-electron chi connectivity index (χ2n) is 6.63. The molecule has 0 aliphatic heterocycles. The molecule has 0 saturated carbocycles. The summed E-state index contributed by atoms with van der Waals surface area (Å²) in [6, 6.07) is 9.72. The molecule has 4 nitrogen and oxygen atoms in total. The van der Waals surface area contributed by atoms with E-state index in [2.05, 4.69) is 26.0 Å². The van der Waals surface area contributed by atoms with Crippen molar-refractivity contribution in [3.8, 4) is 0 Å². The summed E-state index contributed by atoms with van der Waals surface area (Å²) in [4.78, 5) is 15.9. The van der Waals surface area contributed by atoms with Gasteiger partial charge in [-0.25, -0.2) is 9.97 Å². The number of hydrogen-bond donors (Lipinski definition) is 1. The number of fused-ring (bicyclic) bond motifs is 1. The van der Waals surface area contributed by atoms with Crippen LogP contribution in [-0.2, 0) is 12.8 Å². The van der Waals surface area contributed by atoms with Crippen LogP contribution in [0.2, 0.25) is 0 Å². The Labute approximate surface area is 151 Å². The van der Waals surface area contributed by atoms with Crippen molar-refractivity contribution in [3.63, 3.8) is 0 Å². The van der Waals surface area contributed by atoms with E-state index in [1.165, 1.54) is 0 Å². The quantitative estimate of drug-likeness (QED) is 0.561. The number of aryl methyl sites for hydroxylation is 2. The summed E-state index contributed by atoms with van der Waals surface area (Å²) in [5, 5.41) is 1.03. The summed E-state index contributed by atoms with van der Waals surface area (Å²) in [6.07, 6.45) is 6.56. The van der Waals surface area contributed by atoms with Gasteiger partial charge < -0.3 is 4.98 Å². The lowest BCUT2D eigenvalue weighted by Gasteiger charge is -2.06. The Bertz CT molecular complexity index is 1080. The molecule has 4 aromatic rings. The number of hydrogen-bond acceptors (Lipinski definition) is 3. The number of nitrogens with one attached hydrogen (secondary N) is 1. The minimum Gasteiger partial charge on any atom is -0.346 e. The first-order chi connectivity index (χ1) is 12.6. The van der Waals surface area contributed by atoms with Gasteiger partial charge in [-0.1, -0.05) is 6.07 Å². The average molecular weight is 346 g/mol. The smallest absolute Gasteiger partial charge is 0.216 e. The van der Waals surface area contributed by atoms with E-state index in [0.717, 1.165) is 33.4 Å². The van der Waals surface area contributed by atoms with Crippen LogP contribution in [0.3, 0.4) is 0 Å². The molecule has 4 rings (SSSR count). The number of rotatable bonds is 4. The number of H-pyrrole nitrogens is 1. The minimum absolute atomic E-state index is 0.414. The fraction of sp³-hybridized carbons (Fsp3) is 0.190. The van der Waals surface area contributed by atoms with E-state index in [-0.39, 0.29) is 0 Å². The molecule has 0 spiro atoms. The lowest BCUT2D eigenvalue weighted by atomic mass is 10.0. The molecule has 26 heavy (non-hydrogen) atoms. The van der Waals surface area contributed by atoms with E-state index in [4.69, 9.17) is 0 Å². The van der Waals surface area contributed by atoms with Crippen LogP contribution < -0.4 is 0 Å². The third-order valence-electron chi connectivity index (χ3n) is 4.46. The summed E-state index contributed by atoms with van der Waals surface area (Å²) in [5.74, 6) is -0.414. The van der Waals surface area contributed by atoms with Crippen molar-refractivity contribution in [2.75, 3.05) is 0 Å². The predicted octanol–water partition coefficient (Wildman–Crippen LogP) is 4.29. The minimum atomic E-state index is -0.414. The Morgan fingerprint density at radius 3 is 2.69 bits per heavy atom. The van der Waals surface area contributed by atoms with Gasteiger partial charge in [0.1, 0.15) is 5.65 Å². The molecular formula is C21H19FN4. The van der Waals surface area contributed by atoms with E-state index >= 15 is 0 Å². The third kappa shape index (κ3) is 3.33. The summed E-state index contributed by atoms with van der Waals surface area (Å²) in [6.45, 7) is 3.94. The van der Waals surface area contributed by atoms with Crippen molar-refractivity contribution in [2.45, 2.75) is 26.7 Å². The maximum Gasteiger partial charge on any atom is 0.216 e. The molecule has 0 fully saturated rings. The Balaban J connectivity index is 1.58. The predicted molar refractivity (Wildman–Crippen MR) is 99.6 cm³/mol. The normalized spacial score (nSPS) is 11.2. The van der Waals surface area contributed by atoms with Crippen molar-refractivity contribution in [2.24, 2.45) is 0 Å². The third-order valence-corrected chi connectivity index (χ3v) is 4.46. The Morgan fingerprint density at radius 1 is 1.00 bits per heavy atom. The summed E-state index contributed by atoms with van der Waals surface area (Å²) in [5.41, 5.74) is 6.26. The number of aromatic amines is 1. The molecular weight excluding hydrogens is 327 g/mol. The highest BCUT2D eigenvalue weighted by Crippen LogP contribution is 2.22. The average Bonchev–Trinajstić information content (AvgIpc) is 2.99. The second kappa shape index (κ2) is 6.67. The molecule has 0 radical (unpaired) electrons. The molecule has 4 aromatic heterocycles. The van der Waals surface area contributed by atoms with Crippen molar-refractivity contribution >= 4 is 11.0 Å². The summed E-state index contributed by atoms with van der Waals surface area (Å²) >= 11 is 0. The number of halogens is 1. The lowest BCUT2D eigenvalue weighted by Crippen LogP contribution is -2.00. The zero-order valence-corrected chi connectivity index (χ0v) is 14.8.